The Kier molecular flexibility index (Phi) is 6.43. The molecule has 0 aromatic heterocycles. The van der Waals surface area contributed by atoms with Crippen molar-refractivity contribution in [3.05, 3.63) is 35.4 Å². The largest absolute Gasteiger partial charge is 0.316 e. The van der Waals surface area contributed by atoms with Crippen LogP contribution in [0.25, 0.3) is 0 Å². The zero-order chi connectivity index (χ0) is 14.3. The van der Waals surface area contributed by atoms with Crippen LogP contribution in [0, 0.1) is 17.0 Å². The van der Waals surface area contributed by atoms with Crippen molar-refractivity contribution >= 4 is 0 Å². The highest BCUT2D eigenvalue weighted by atomic mass is 19.1. The van der Waals surface area contributed by atoms with Crippen molar-refractivity contribution < 1.29 is 8.78 Å². The highest BCUT2D eigenvalue weighted by molar-refractivity contribution is 5.20. The van der Waals surface area contributed by atoms with E-state index in [1.807, 2.05) is 0 Å². The lowest BCUT2D eigenvalue weighted by atomic mass is 9.79. The van der Waals surface area contributed by atoms with Gasteiger partial charge in [0.2, 0.25) is 0 Å². The second-order valence-corrected chi connectivity index (χ2v) is 5.65. The SMILES string of the molecule is CCCNCC(C)(CCC)Cc1ccc(F)cc1F. The zero-order valence-corrected chi connectivity index (χ0v) is 12.2. The number of rotatable bonds is 8. The van der Waals surface area contributed by atoms with E-state index < -0.39 is 11.6 Å². The Morgan fingerprint density at radius 2 is 1.89 bits per heavy atom. The van der Waals surface area contributed by atoms with Gasteiger partial charge < -0.3 is 5.32 Å². The summed E-state index contributed by atoms with van der Waals surface area (Å²) >= 11 is 0. The van der Waals surface area contributed by atoms with Crippen molar-refractivity contribution in [2.45, 2.75) is 46.5 Å². The highest BCUT2D eigenvalue weighted by Crippen LogP contribution is 2.29. The standard InChI is InChI=1S/C16H25F2N/c1-4-8-16(3,12-19-9-5-2)11-13-6-7-14(17)10-15(13)18/h6-7,10,19H,4-5,8-9,11-12H2,1-3H3. The first kappa shape index (κ1) is 16.1. The van der Waals surface area contributed by atoms with Crippen LogP contribution in [0.15, 0.2) is 18.2 Å². The smallest absolute Gasteiger partial charge is 0.129 e. The van der Waals surface area contributed by atoms with Gasteiger partial charge in [0.15, 0.2) is 0 Å². The maximum Gasteiger partial charge on any atom is 0.129 e. The van der Waals surface area contributed by atoms with Gasteiger partial charge in [-0.15, -0.1) is 0 Å². The second kappa shape index (κ2) is 7.59. The van der Waals surface area contributed by atoms with Crippen molar-refractivity contribution in [3.8, 4) is 0 Å². The van der Waals surface area contributed by atoms with Crippen LogP contribution in [0.5, 0.6) is 0 Å². The Morgan fingerprint density at radius 3 is 2.47 bits per heavy atom. The average Bonchev–Trinajstić information content (AvgIpc) is 2.34. The third-order valence-electron chi connectivity index (χ3n) is 3.46. The fraction of sp³-hybridized carbons (Fsp3) is 0.625. The van der Waals surface area contributed by atoms with Gasteiger partial charge in [0, 0.05) is 12.6 Å². The van der Waals surface area contributed by atoms with E-state index in [4.69, 9.17) is 0 Å². The molecule has 1 N–H and O–H groups in total. The van der Waals surface area contributed by atoms with Gasteiger partial charge in [-0.2, -0.15) is 0 Å². The van der Waals surface area contributed by atoms with Crippen LogP contribution in [-0.2, 0) is 6.42 Å². The fourth-order valence-electron chi connectivity index (χ4n) is 2.53. The molecule has 1 unspecified atom stereocenters. The Labute approximate surface area is 115 Å². The van der Waals surface area contributed by atoms with E-state index in [-0.39, 0.29) is 5.41 Å². The molecule has 3 heteroatoms. The van der Waals surface area contributed by atoms with E-state index in [1.54, 1.807) is 6.07 Å². The molecule has 1 atom stereocenters. The number of halogens is 2. The van der Waals surface area contributed by atoms with Gasteiger partial charge in [-0.05, 0) is 42.9 Å². The van der Waals surface area contributed by atoms with E-state index in [0.717, 1.165) is 38.4 Å². The first-order valence-corrected chi connectivity index (χ1v) is 7.15. The lowest BCUT2D eigenvalue weighted by molar-refractivity contribution is 0.272. The predicted octanol–water partition coefficient (Wildman–Crippen LogP) is 4.31. The van der Waals surface area contributed by atoms with E-state index >= 15 is 0 Å². The molecule has 0 spiro atoms. The molecular formula is C16H25F2N. The summed E-state index contributed by atoms with van der Waals surface area (Å²) < 4.78 is 26.7. The van der Waals surface area contributed by atoms with Gasteiger partial charge >= 0.3 is 0 Å². The summed E-state index contributed by atoms with van der Waals surface area (Å²) in [6, 6.07) is 3.88. The summed E-state index contributed by atoms with van der Waals surface area (Å²) in [7, 11) is 0. The Bertz CT molecular complexity index is 392. The minimum Gasteiger partial charge on any atom is -0.316 e. The number of nitrogens with one attached hydrogen (secondary N) is 1. The number of benzene rings is 1. The van der Waals surface area contributed by atoms with Crippen molar-refractivity contribution in [1.82, 2.24) is 5.32 Å². The first-order chi connectivity index (χ1) is 9.00. The van der Waals surface area contributed by atoms with Crippen LogP contribution < -0.4 is 5.32 Å². The van der Waals surface area contributed by atoms with Gasteiger partial charge in [-0.1, -0.05) is 33.3 Å². The monoisotopic (exact) mass is 269 g/mol. The van der Waals surface area contributed by atoms with Crippen LogP contribution in [0.2, 0.25) is 0 Å². The molecule has 0 fully saturated rings. The average molecular weight is 269 g/mol. The summed E-state index contributed by atoms with van der Waals surface area (Å²) in [4.78, 5) is 0. The third kappa shape index (κ3) is 5.27. The topological polar surface area (TPSA) is 12.0 Å². The minimum atomic E-state index is -0.512. The first-order valence-electron chi connectivity index (χ1n) is 7.15. The van der Waals surface area contributed by atoms with Gasteiger partial charge in [-0.3, -0.25) is 0 Å². The Balaban J connectivity index is 2.75. The molecule has 0 heterocycles. The minimum absolute atomic E-state index is 0.0165. The lowest BCUT2D eigenvalue weighted by Gasteiger charge is -2.30. The lowest BCUT2D eigenvalue weighted by Crippen LogP contribution is -2.34. The van der Waals surface area contributed by atoms with Crippen LogP contribution in [0.1, 0.15) is 45.6 Å². The Morgan fingerprint density at radius 1 is 1.16 bits per heavy atom. The predicted molar refractivity (Wildman–Crippen MR) is 76.2 cm³/mol. The molecule has 0 saturated heterocycles. The maximum atomic E-state index is 13.7. The van der Waals surface area contributed by atoms with Crippen LogP contribution in [0.3, 0.4) is 0 Å². The summed E-state index contributed by atoms with van der Waals surface area (Å²) in [5, 5.41) is 3.42. The van der Waals surface area contributed by atoms with Gasteiger partial charge in [0.25, 0.3) is 0 Å². The molecule has 0 amide bonds. The molecule has 19 heavy (non-hydrogen) atoms. The molecule has 1 rings (SSSR count). The summed E-state index contributed by atoms with van der Waals surface area (Å²) in [6.45, 7) is 8.28. The quantitative estimate of drug-likeness (QED) is 0.693. The van der Waals surface area contributed by atoms with Crippen molar-refractivity contribution in [1.29, 1.82) is 0 Å². The number of hydrogen-bond donors (Lipinski definition) is 1. The summed E-state index contributed by atoms with van der Waals surface area (Å²) in [5.74, 6) is -0.944. The van der Waals surface area contributed by atoms with E-state index in [2.05, 4.69) is 26.1 Å². The molecule has 1 nitrogen and oxygen atoms in total. The molecule has 0 radical (unpaired) electrons. The third-order valence-corrected chi connectivity index (χ3v) is 3.46. The molecule has 0 aliphatic rings. The van der Waals surface area contributed by atoms with Gasteiger partial charge in [0.05, 0.1) is 0 Å². The normalized spacial score (nSPS) is 14.4. The molecule has 0 saturated carbocycles. The van der Waals surface area contributed by atoms with Gasteiger partial charge in [-0.25, -0.2) is 8.78 Å². The molecular weight excluding hydrogens is 244 g/mol. The summed E-state index contributed by atoms with van der Waals surface area (Å²) in [6.07, 6.45) is 3.82. The van der Waals surface area contributed by atoms with Crippen molar-refractivity contribution in [3.63, 3.8) is 0 Å². The Hall–Kier alpha value is -0.960. The van der Waals surface area contributed by atoms with E-state index in [0.29, 0.717) is 12.0 Å². The summed E-state index contributed by atoms with van der Waals surface area (Å²) in [5.41, 5.74) is 0.624. The highest BCUT2D eigenvalue weighted by Gasteiger charge is 2.24. The van der Waals surface area contributed by atoms with Gasteiger partial charge in [0.1, 0.15) is 11.6 Å². The van der Waals surface area contributed by atoms with E-state index in [1.165, 1.54) is 6.07 Å². The van der Waals surface area contributed by atoms with Crippen molar-refractivity contribution in [2.75, 3.05) is 13.1 Å². The zero-order valence-electron chi connectivity index (χ0n) is 12.2. The maximum absolute atomic E-state index is 13.7. The van der Waals surface area contributed by atoms with Crippen molar-refractivity contribution in [2.24, 2.45) is 5.41 Å². The molecule has 1 aromatic rings. The number of hydrogen-bond acceptors (Lipinski definition) is 1. The second-order valence-electron chi connectivity index (χ2n) is 5.65. The van der Waals surface area contributed by atoms with Crippen LogP contribution >= 0.6 is 0 Å². The van der Waals surface area contributed by atoms with Crippen LogP contribution in [-0.4, -0.2) is 13.1 Å². The van der Waals surface area contributed by atoms with Crippen LogP contribution in [0.4, 0.5) is 8.78 Å². The van der Waals surface area contributed by atoms with E-state index in [9.17, 15) is 8.78 Å². The molecule has 0 aliphatic carbocycles. The molecule has 108 valence electrons. The fourth-order valence-corrected chi connectivity index (χ4v) is 2.53. The molecule has 0 aliphatic heterocycles. The molecule has 0 bridgehead atoms. The molecule has 1 aromatic carbocycles.